The van der Waals surface area contributed by atoms with Crippen molar-refractivity contribution in [2.24, 2.45) is 0 Å². The third-order valence-electron chi connectivity index (χ3n) is 5.69. The fraction of sp³-hybridized carbons (Fsp3) is 0.400. The van der Waals surface area contributed by atoms with E-state index in [-0.39, 0.29) is 11.8 Å². The highest BCUT2D eigenvalue weighted by atomic mass is 32.3. The van der Waals surface area contributed by atoms with Crippen LogP contribution in [0.25, 0.3) is 0 Å². The fourth-order valence-electron chi connectivity index (χ4n) is 3.56. The maximum absolute atomic E-state index is 11.4. The highest BCUT2D eigenvalue weighted by Gasteiger charge is 2.17. The summed E-state index contributed by atoms with van der Waals surface area (Å²) in [6.07, 6.45) is 0. The molecule has 0 aromatic heterocycles. The molecule has 0 bridgehead atoms. The van der Waals surface area contributed by atoms with E-state index < -0.39 is 10.4 Å². The number of benzene rings is 2. The number of carbonyl (C=O) groups excluding carboxylic acids is 2. The van der Waals surface area contributed by atoms with Gasteiger partial charge in [0.25, 0.3) is 0 Å². The Morgan fingerprint density at radius 1 is 0.683 bits per heavy atom. The van der Waals surface area contributed by atoms with Gasteiger partial charge in [0.05, 0.1) is 54.4 Å². The summed E-state index contributed by atoms with van der Waals surface area (Å²) in [6.45, 7) is 15.7. The molecule has 11 heteroatoms. The molecule has 0 spiro atoms. The van der Waals surface area contributed by atoms with E-state index in [4.69, 9.17) is 17.5 Å². The first-order valence-corrected chi connectivity index (χ1v) is 14.4. The molecule has 0 aliphatic carbocycles. The normalized spacial score (nSPS) is 11.1. The van der Waals surface area contributed by atoms with Crippen molar-refractivity contribution in [3.63, 3.8) is 0 Å². The molecule has 2 rings (SSSR count). The standard InChI is InChI=1S/2C15H22N2O.H2O4S/c2*1-13(2)15(18)16-10-11-17(3,4)12-14-8-6-5-7-9-14;1-5(2,3)4/h2*5-9H,1,10-12H2,2-4H3;(H2,1,2,3,4). The van der Waals surface area contributed by atoms with E-state index in [1.807, 2.05) is 12.1 Å². The molecule has 2 aromatic carbocycles. The minimum Gasteiger partial charge on any atom is -0.759 e. The lowest BCUT2D eigenvalue weighted by Crippen LogP contribution is -2.44. The minimum absolute atomic E-state index is 0.0605. The van der Waals surface area contributed by atoms with Gasteiger partial charge in [-0.3, -0.25) is 18.0 Å². The molecule has 0 unspecified atom stereocenters. The van der Waals surface area contributed by atoms with Crippen molar-refractivity contribution in [2.45, 2.75) is 26.9 Å². The molecule has 0 aliphatic rings. The third-order valence-corrected chi connectivity index (χ3v) is 5.69. The maximum atomic E-state index is 11.4. The lowest BCUT2D eigenvalue weighted by molar-refractivity contribution is -0.902. The number of likely N-dealkylation sites (N-methyl/N-ethyl adjacent to an activating group) is 2. The zero-order chi connectivity index (χ0) is 31.7. The van der Waals surface area contributed by atoms with Gasteiger partial charge in [-0.1, -0.05) is 73.8 Å². The van der Waals surface area contributed by atoms with E-state index in [2.05, 4.69) is 101 Å². The van der Waals surface area contributed by atoms with Gasteiger partial charge >= 0.3 is 0 Å². The van der Waals surface area contributed by atoms with Crippen LogP contribution in [0, 0.1) is 0 Å². The van der Waals surface area contributed by atoms with Gasteiger partial charge in [0.15, 0.2) is 0 Å². The van der Waals surface area contributed by atoms with Crippen LogP contribution in [0.4, 0.5) is 0 Å². The highest BCUT2D eigenvalue weighted by Crippen LogP contribution is 2.09. The molecule has 0 radical (unpaired) electrons. The Balaban J connectivity index is 0.000000671. The van der Waals surface area contributed by atoms with Crippen LogP contribution in [0.2, 0.25) is 0 Å². The van der Waals surface area contributed by atoms with Crippen LogP contribution in [-0.2, 0) is 33.1 Å². The Morgan fingerprint density at radius 2 is 0.951 bits per heavy atom. The van der Waals surface area contributed by atoms with Gasteiger partial charge in [-0.05, 0) is 13.8 Å². The van der Waals surface area contributed by atoms with Gasteiger partial charge in [0, 0.05) is 32.7 Å². The molecule has 2 aromatic rings. The number of amides is 2. The summed E-state index contributed by atoms with van der Waals surface area (Å²) >= 11 is 0. The summed E-state index contributed by atoms with van der Waals surface area (Å²) in [5.74, 6) is -0.121. The van der Waals surface area contributed by atoms with Gasteiger partial charge in [0.1, 0.15) is 13.1 Å². The molecule has 41 heavy (non-hydrogen) atoms. The van der Waals surface area contributed by atoms with E-state index in [1.165, 1.54) is 11.1 Å². The lowest BCUT2D eigenvalue weighted by Gasteiger charge is -2.30. The van der Waals surface area contributed by atoms with E-state index in [0.29, 0.717) is 24.2 Å². The molecule has 0 atom stereocenters. The number of rotatable bonds is 12. The van der Waals surface area contributed by atoms with Gasteiger partial charge in [-0.15, -0.1) is 0 Å². The average molecular weight is 591 g/mol. The first-order chi connectivity index (χ1) is 18.8. The molecule has 0 aliphatic heterocycles. The third kappa shape index (κ3) is 22.1. The predicted octanol–water partition coefficient (Wildman–Crippen LogP) is 2.57. The number of nitrogens with zero attached hydrogens (tertiary/aromatic N) is 2. The zero-order valence-electron chi connectivity index (χ0n) is 25.2. The Bertz CT molecular complexity index is 1120. The number of carbonyl (C=O) groups is 2. The SMILES string of the molecule is C=C(C)C(=O)NCC[N+](C)(C)Cc1ccccc1.C=C(C)C(=O)NCC[N+](C)(C)Cc1ccccc1.O=S(=O)([O-])[O-]. The van der Waals surface area contributed by atoms with Crippen LogP contribution in [0.3, 0.4) is 0 Å². The van der Waals surface area contributed by atoms with Crippen LogP contribution < -0.4 is 10.6 Å². The van der Waals surface area contributed by atoms with E-state index in [9.17, 15) is 9.59 Å². The molecule has 228 valence electrons. The van der Waals surface area contributed by atoms with E-state index >= 15 is 0 Å². The number of quaternary nitrogens is 2. The molecule has 2 amide bonds. The maximum Gasteiger partial charge on any atom is 0.246 e. The van der Waals surface area contributed by atoms with Crippen molar-refractivity contribution in [3.8, 4) is 0 Å². The van der Waals surface area contributed by atoms with Crippen molar-refractivity contribution >= 4 is 22.2 Å². The molecule has 0 saturated heterocycles. The second-order valence-corrected chi connectivity index (χ2v) is 11.9. The predicted molar refractivity (Wildman–Crippen MR) is 160 cm³/mol. The van der Waals surface area contributed by atoms with Crippen LogP contribution in [0.15, 0.2) is 85.0 Å². The first kappa shape index (κ1) is 37.6. The Hall–Kier alpha value is -3.35. The monoisotopic (exact) mass is 590 g/mol. The summed E-state index contributed by atoms with van der Waals surface area (Å²) in [4.78, 5) is 22.7. The smallest absolute Gasteiger partial charge is 0.246 e. The second kappa shape index (κ2) is 18.2. The average Bonchev–Trinajstić information content (AvgIpc) is 2.83. The Morgan fingerprint density at radius 3 is 1.20 bits per heavy atom. The highest BCUT2D eigenvalue weighted by molar-refractivity contribution is 7.79. The van der Waals surface area contributed by atoms with Crippen molar-refractivity contribution in [3.05, 3.63) is 96.1 Å². The van der Waals surface area contributed by atoms with Gasteiger partial charge < -0.3 is 28.7 Å². The van der Waals surface area contributed by atoms with Crippen molar-refractivity contribution < 1.29 is 36.1 Å². The van der Waals surface area contributed by atoms with Crippen LogP contribution in [0.5, 0.6) is 0 Å². The number of hydrogen-bond acceptors (Lipinski definition) is 6. The van der Waals surface area contributed by atoms with Gasteiger partial charge in [-0.2, -0.15) is 0 Å². The quantitative estimate of drug-likeness (QED) is 0.169. The minimum atomic E-state index is -5.17. The zero-order valence-corrected chi connectivity index (χ0v) is 26.0. The molecule has 0 fully saturated rings. The molecular weight excluding hydrogens is 544 g/mol. The number of nitrogens with one attached hydrogen (secondary N) is 2. The summed E-state index contributed by atoms with van der Waals surface area (Å²) < 4.78 is 35.8. The molecule has 2 N–H and O–H groups in total. The van der Waals surface area contributed by atoms with Crippen molar-refractivity contribution in [2.75, 3.05) is 54.4 Å². The van der Waals surface area contributed by atoms with Gasteiger partial charge in [-0.25, -0.2) is 0 Å². The Labute approximate surface area is 246 Å². The topological polar surface area (TPSA) is 138 Å². The van der Waals surface area contributed by atoms with Crippen molar-refractivity contribution in [1.82, 2.24) is 10.6 Å². The van der Waals surface area contributed by atoms with Crippen LogP contribution >= 0.6 is 0 Å². The Kier molecular flexibility index (Phi) is 16.7. The summed E-state index contributed by atoms with van der Waals surface area (Å²) in [5, 5.41) is 5.74. The molecule has 0 heterocycles. The molecular formula is C30H46N4O6S. The number of hydrogen-bond donors (Lipinski definition) is 2. The second-order valence-electron chi connectivity index (χ2n) is 11.1. The fourth-order valence-corrected chi connectivity index (χ4v) is 3.56. The van der Waals surface area contributed by atoms with Gasteiger partial charge in [0.2, 0.25) is 11.8 Å². The molecule has 10 nitrogen and oxygen atoms in total. The van der Waals surface area contributed by atoms with E-state index in [1.54, 1.807) is 13.8 Å². The van der Waals surface area contributed by atoms with E-state index in [0.717, 1.165) is 35.1 Å². The molecule has 0 saturated carbocycles. The first-order valence-electron chi connectivity index (χ1n) is 13.1. The van der Waals surface area contributed by atoms with Crippen molar-refractivity contribution in [1.29, 1.82) is 0 Å². The van der Waals surface area contributed by atoms with Crippen LogP contribution in [-0.4, -0.2) is 92.7 Å². The largest absolute Gasteiger partial charge is 0.759 e. The lowest BCUT2D eigenvalue weighted by atomic mass is 10.2. The summed E-state index contributed by atoms with van der Waals surface area (Å²) in [6, 6.07) is 20.8. The van der Waals surface area contributed by atoms with Crippen LogP contribution in [0.1, 0.15) is 25.0 Å². The summed E-state index contributed by atoms with van der Waals surface area (Å²) in [7, 11) is 3.50. The summed E-state index contributed by atoms with van der Waals surface area (Å²) in [5.41, 5.74) is 3.74.